The Bertz CT molecular complexity index is 93.1. The highest BCUT2D eigenvalue weighted by Gasteiger charge is 2.04. The molecular weight excluding hydrogens is 123 g/mol. The van der Waals surface area contributed by atoms with E-state index in [1.807, 2.05) is 6.92 Å². The number of hydrogen-bond donors (Lipinski definition) is 0. The summed E-state index contributed by atoms with van der Waals surface area (Å²) in [4.78, 5) is 9.64. The van der Waals surface area contributed by atoms with E-state index < -0.39 is 6.22 Å². The molecule has 0 radical (unpaired) electrons. The van der Waals surface area contributed by atoms with E-state index in [4.69, 9.17) is 0 Å². The maximum atomic E-state index is 11.4. The second-order valence-electron chi connectivity index (χ2n) is 1.95. The van der Waals surface area contributed by atoms with Crippen LogP contribution in [0.15, 0.2) is 0 Å². The molecular formula is C6H11FO2. The summed E-state index contributed by atoms with van der Waals surface area (Å²) in [6.45, 7) is 3.61. The highest BCUT2D eigenvalue weighted by atomic mass is 19.1. The highest BCUT2D eigenvalue weighted by molar-refractivity contribution is 5.58. The summed E-state index contributed by atoms with van der Waals surface area (Å²) in [5.41, 5.74) is 0. The molecule has 0 aromatic rings. The molecule has 2 nitrogen and oxygen atoms in total. The van der Waals surface area contributed by atoms with Gasteiger partial charge in [-0.05, 0) is 13.3 Å². The Hall–Kier alpha value is -0.600. The molecule has 1 atom stereocenters. The Labute approximate surface area is 54.0 Å². The van der Waals surface area contributed by atoms with Crippen LogP contribution in [-0.4, -0.2) is 12.3 Å². The Kier molecular flexibility index (Phi) is 4.01. The Balaban J connectivity index is 3.26. The van der Waals surface area contributed by atoms with Crippen LogP contribution in [-0.2, 0) is 4.74 Å². The first-order valence-corrected chi connectivity index (χ1v) is 3.03. The molecule has 0 amide bonds. The first kappa shape index (κ1) is 8.40. The number of halogens is 1. The summed E-state index contributed by atoms with van der Waals surface area (Å²) >= 11 is 0. The predicted molar refractivity (Wildman–Crippen MR) is 32.0 cm³/mol. The molecule has 3 heteroatoms. The lowest BCUT2D eigenvalue weighted by atomic mass is 10.2. The first-order valence-electron chi connectivity index (χ1n) is 3.03. The van der Waals surface area contributed by atoms with Crippen molar-refractivity contribution in [1.82, 2.24) is 0 Å². The summed E-state index contributed by atoms with van der Waals surface area (Å²) in [5.74, 6) is 0. The number of hydrogen-bond acceptors (Lipinski definition) is 2. The molecule has 54 valence electrons. The minimum atomic E-state index is -1.68. The molecule has 0 fully saturated rings. The number of carbonyl (C=O) groups is 1. The van der Waals surface area contributed by atoms with Gasteiger partial charge in [-0.15, -0.1) is 4.39 Å². The Morgan fingerprint density at radius 3 is 2.67 bits per heavy atom. The van der Waals surface area contributed by atoms with Crippen LogP contribution >= 0.6 is 0 Å². The van der Waals surface area contributed by atoms with Gasteiger partial charge in [-0.2, -0.15) is 0 Å². The minimum Gasteiger partial charge on any atom is -0.437 e. The summed E-state index contributed by atoms with van der Waals surface area (Å²) in [6.07, 6.45) is -0.354. The van der Waals surface area contributed by atoms with Crippen molar-refractivity contribution in [2.75, 3.05) is 0 Å². The van der Waals surface area contributed by atoms with E-state index in [0.717, 1.165) is 12.8 Å². The average Bonchev–Trinajstić information content (AvgIpc) is 1.63. The van der Waals surface area contributed by atoms with Crippen molar-refractivity contribution in [2.45, 2.75) is 32.8 Å². The van der Waals surface area contributed by atoms with Crippen molar-refractivity contribution >= 4 is 6.22 Å². The zero-order valence-corrected chi connectivity index (χ0v) is 5.69. The van der Waals surface area contributed by atoms with E-state index in [1.165, 1.54) is 0 Å². The molecule has 0 aliphatic carbocycles. The molecule has 0 rings (SSSR count). The van der Waals surface area contributed by atoms with Gasteiger partial charge in [0.2, 0.25) is 0 Å². The van der Waals surface area contributed by atoms with Gasteiger partial charge in [0.05, 0.1) is 0 Å². The van der Waals surface area contributed by atoms with Gasteiger partial charge in [-0.1, -0.05) is 13.3 Å². The maximum absolute atomic E-state index is 11.4. The summed E-state index contributed by atoms with van der Waals surface area (Å²) in [6, 6.07) is 0. The molecule has 0 aromatic carbocycles. The van der Waals surface area contributed by atoms with Gasteiger partial charge in [0.25, 0.3) is 0 Å². The van der Waals surface area contributed by atoms with Gasteiger partial charge in [0, 0.05) is 0 Å². The third-order valence-corrected chi connectivity index (χ3v) is 0.989. The second kappa shape index (κ2) is 4.30. The lowest BCUT2D eigenvalue weighted by Crippen LogP contribution is -2.09. The van der Waals surface area contributed by atoms with Gasteiger partial charge >= 0.3 is 6.22 Å². The quantitative estimate of drug-likeness (QED) is 0.553. The van der Waals surface area contributed by atoms with Gasteiger partial charge < -0.3 is 4.74 Å². The van der Waals surface area contributed by atoms with Crippen molar-refractivity contribution in [3.05, 3.63) is 0 Å². The van der Waals surface area contributed by atoms with E-state index >= 15 is 0 Å². The van der Waals surface area contributed by atoms with Crippen LogP contribution in [0.5, 0.6) is 0 Å². The van der Waals surface area contributed by atoms with Crippen LogP contribution in [0.3, 0.4) is 0 Å². The van der Waals surface area contributed by atoms with Crippen molar-refractivity contribution in [3.8, 4) is 0 Å². The lowest BCUT2D eigenvalue weighted by molar-refractivity contribution is 0.0799. The van der Waals surface area contributed by atoms with E-state index in [-0.39, 0.29) is 6.10 Å². The van der Waals surface area contributed by atoms with Gasteiger partial charge in [-0.3, -0.25) is 0 Å². The van der Waals surface area contributed by atoms with Crippen LogP contribution in [0.25, 0.3) is 0 Å². The van der Waals surface area contributed by atoms with Crippen LogP contribution in [0.1, 0.15) is 26.7 Å². The smallest absolute Gasteiger partial charge is 0.437 e. The molecule has 1 unspecified atom stereocenters. The SMILES string of the molecule is CCCC(C)OC(=O)F. The zero-order chi connectivity index (χ0) is 7.28. The van der Waals surface area contributed by atoms with Crippen molar-refractivity contribution in [2.24, 2.45) is 0 Å². The van der Waals surface area contributed by atoms with Crippen LogP contribution in [0.2, 0.25) is 0 Å². The third-order valence-electron chi connectivity index (χ3n) is 0.989. The summed E-state index contributed by atoms with van der Waals surface area (Å²) in [7, 11) is 0. The fraction of sp³-hybridized carbons (Fsp3) is 0.833. The van der Waals surface area contributed by atoms with Crippen LogP contribution in [0, 0.1) is 0 Å². The van der Waals surface area contributed by atoms with E-state index in [9.17, 15) is 9.18 Å². The van der Waals surface area contributed by atoms with Crippen molar-refractivity contribution < 1.29 is 13.9 Å². The van der Waals surface area contributed by atoms with Gasteiger partial charge in [0.15, 0.2) is 0 Å². The molecule has 0 saturated carbocycles. The van der Waals surface area contributed by atoms with Crippen LogP contribution < -0.4 is 0 Å². The number of rotatable bonds is 3. The molecule has 9 heavy (non-hydrogen) atoms. The van der Waals surface area contributed by atoms with Crippen LogP contribution in [0.4, 0.5) is 9.18 Å². The summed E-state index contributed by atoms with van der Waals surface area (Å²) in [5, 5.41) is 0. The lowest BCUT2D eigenvalue weighted by Gasteiger charge is -2.06. The molecule has 0 heterocycles. The van der Waals surface area contributed by atoms with E-state index in [1.54, 1.807) is 6.92 Å². The highest BCUT2D eigenvalue weighted by Crippen LogP contribution is 2.01. The molecule has 0 spiro atoms. The largest absolute Gasteiger partial charge is 0.495 e. The molecule has 0 aliphatic heterocycles. The fourth-order valence-electron chi connectivity index (χ4n) is 0.624. The minimum absolute atomic E-state index is 0.285. The Morgan fingerprint density at radius 1 is 1.78 bits per heavy atom. The first-order chi connectivity index (χ1) is 4.16. The second-order valence-corrected chi connectivity index (χ2v) is 1.95. The molecule has 0 bridgehead atoms. The van der Waals surface area contributed by atoms with E-state index in [0.29, 0.717) is 0 Å². The standard InChI is InChI=1S/C6H11FO2/c1-3-4-5(2)9-6(7)8/h5H,3-4H2,1-2H3. The fourth-order valence-corrected chi connectivity index (χ4v) is 0.624. The zero-order valence-electron chi connectivity index (χ0n) is 5.69. The van der Waals surface area contributed by atoms with Crippen molar-refractivity contribution in [1.29, 1.82) is 0 Å². The molecule has 0 N–H and O–H groups in total. The Morgan fingerprint density at radius 2 is 2.33 bits per heavy atom. The van der Waals surface area contributed by atoms with Gasteiger partial charge in [-0.25, -0.2) is 4.79 Å². The monoisotopic (exact) mass is 134 g/mol. The summed E-state index contributed by atoms with van der Waals surface area (Å²) < 4.78 is 15.6. The average molecular weight is 134 g/mol. The molecule has 0 aromatic heterocycles. The number of ether oxygens (including phenoxy) is 1. The van der Waals surface area contributed by atoms with E-state index in [2.05, 4.69) is 4.74 Å². The topological polar surface area (TPSA) is 26.3 Å². The number of carbonyl (C=O) groups excluding carboxylic acids is 1. The maximum Gasteiger partial charge on any atom is 0.495 e. The van der Waals surface area contributed by atoms with Crippen molar-refractivity contribution in [3.63, 3.8) is 0 Å². The molecule has 0 aliphatic rings. The third kappa shape index (κ3) is 5.27. The van der Waals surface area contributed by atoms with Gasteiger partial charge in [0.1, 0.15) is 6.10 Å². The predicted octanol–water partition coefficient (Wildman–Crippen LogP) is 2.28. The normalized spacial score (nSPS) is 12.8. The molecule has 0 saturated heterocycles.